The Balaban J connectivity index is 1.11. The van der Waals surface area contributed by atoms with Crippen LogP contribution >= 0.6 is 0 Å². The van der Waals surface area contributed by atoms with Gasteiger partial charge < -0.3 is 35.9 Å². The number of anilines is 2. The molecule has 0 aliphatic rings. The molecule has 6 N–H and O–H groups in total. The van der Waals surface area contributed by atoms with Crippen molar-refractivity contribution in [2.24, 2.45) is 0 Å². The van der Waals surface area contributed by atoms with Crippen molar-refractivity contribution in [2.75, 3.05) is 23.7 Å². The van der Waals surface area contributed by atoms with Gasteiger partial charge in [-0.15, -0.1) is 0 Å². The fraction of sp³-hybridized carbons (Fsp3) is 0.125. The molecule has 0 unspecified atom stereocenters. The average Bonchev–Trinajstić information content (AvgIpc) is 2.96. The summed E-state index contributed by atoms with van der Waals surface area (Å²) in [5, 5.41) is 30.3. The van der Waals surface area contributed by atoms with Crippen LogP contribution in [0.15, 0.2) is 108 Å². The van der Waals surface area contributed by atoms with Crippen molar-refractivity contribution in [3.05, 3.63) is 125 Å². The van der Waals surface area contributed by atoms with Gasteiger partial charge in [0.1, 0.15) is 17.2 Å². The van der Waals surface area contributed by atoms with E-state index in [-0.39, 0.29) is 23.9 Å². The number of amides is 2. The number of fused-ring (bicyclic) bond motifs is 1. The van der Waals surface area contributed by atoms with Gasteiger partial charge >= 0.3 is 6.03 Å². The third kappa shape index (κ3) is 7.30. The van der Waals surface area contributed by atoms with E-state index in [4.69, 9.17) is 4.74 Å². The minimum atomic E-state index is -0.836. The summed E-state index contributed by atoms with van der Waals surface area (Å²) in [6, 6.07) is 29.8. The summed E-state index contributed by atoms with van der Waals surface area (Å²) in [7, 11) is 0. The Hall–Kier alpha value is -5.12. The van der Waals surface area contributed by atoms with Crippen molar-refractivity contribution < 1.29 is 19.7 Å². The first kappa shape index (κ1) is 27.4. The Morgan fingerprint density at radius 2 is 1.56 bits per heavy atom. The zero-order valence-corrected chi connectivity index (χ0v) is 22.1. The second-order valence-corrected chi connectivity index (χ2v) is 9.48. The number of phenols is 1. The standard InChI is InChI=1S/C32H30N4O5/c37-28-14-12-26(27-13-15-30(39)36-31(27)28)29(38)20-33-17-16-21-6-4-7-22(18-21)34-32(40)35-23-8-5-11-25(19-23)41-24-9-2-1-3-10-24/h1-15,18-19,29,33,37-38H,16-17,20H2,(H,36,39)(H2,34,35,40)/t29-/m0/s1. The lowest BCUT2D eigenvalue weighted by atomic mass is 10.0. The third-order valence-corrected chi connectivity index (χ3v) is 6.45. The molecule has 0 spiro atoms. The molecule has 5 aromatic rings. The van der Waals surface area contributed by atoms with Crippen molar-refractivity contribution >= 4 is 28.3 Å². The van der Waals surface area contributed by atoms with Crippen LogP contribution in [0.25, 0.3) is 10.9 Å². The van der Waals surface area contributed by atoms with Crippen molar-refractivity contribution in [1.82, 2.24) is 10.3 Å². The van der Waals surface area contributed by atoms with Gasteiger partial charge in [0.15, 0.2) is 0 Å². The van der Waals surface area contributed by atoms with E-state index in [2.05, 4.69) is 20.9 Å². The molecule has 0 aliphatic heterocycles. The molecule has 4 aromatic carbocycles. The molecule has 0 saturated heterocycles. The smallest absolute Gasteiger partial charge is 0.323 e. The van der Waals surface area contributed by atoms with Crippen molar-refractivity contribution in [1.29, 1.82) is 0 Å². The maximum Gasteiger partial charge on any atom is 0.323 e. The second-order valence-electron chi connectivity index (χ2n) is 9.48. The van der Waals surface area contributed by atoms with E-state index in [0.29, 0.717) is 52.3 Å². The number of urea groups is 1. The van der Waals surface area contributed by atoms with Gasteiger partial charge in [-0.3, -0.25) is 4.79 Å². The summed E-state index contributed by atoms with van der Waals surface area (Å²) >= 11 is 0. The maximum absolute atomic E-state index is 12.6. The van der Waals surface area contributed by atoms with E-state index in [1.807, 2.05) is 66.7 Å². The quantitative estimate of drug-likeness (QED) is 0.127. The van der Waals surface area contributed by atoms with Crippen LogP contribution in [0.3, 0.4) is 0 Å². The molecule has 1 atom stereocenters. The lowest BCUT2D eigenvalue weighted by Gasteiger charge is -2.15. The fourth-order valence-corrected chi connectivity index (χ4v) is 4.49. The number of benzene rings is 4. The van der Waals surface area contributed by atoms with Gasteiger partial charge in [-0.1, -0.05) is 42.5 Å². The monoisotopic (exact) mass is 550 g/mol. The molecule has 0 fully saturated rings. The number of nitrogens with one attached hydrogen (secondary N) is 4. The van der Waals surface area contributed by atoms with Crippen LogP contribution in [0, 0.1) is 0 Å². The Labute approximate surface area is 236 Å². The normalized spacial score (nSPS) is 11.6. The molecule has 9 heteroatoms. The number of aromatic hydroxyl groups is 1. The van der Waals surface area contributed by atoms with Crippen LogP contribution in [0.1, 0.15) is 17.2 Å². The molecule has 0 bridgehead atoms. The topological polar surface area (TPSA) is 136 Å². The molecule has 0 aliphatic carbocycles. The Morgan fingerprint density at radius 1 is 0.829 bits per heavy atom. The number of aliphatic hydroxyl groups is 1. The van der Waals surface area contributed by atoms with E-state index in [9.17, 15) is 19.8 Å². The van der Waals surface area contributed by atoms with E-state index in [1.54, 1.807) is 24.3 Å². The Bertz CT molecular complexity index is 1700. The summed E-state index contributed by atoms with van der Waals surface area (Å²) in [5.41, 5.74) is 2.85. The van der Waals surface area contributed by atoms with Gasteiger partial charge in [0.2, 0.25) is 5.56 Å². The highest BCUT2D eigenvalue weighted by Crippen LogP contribution is 2.28. The van der Waals surface area contributed by atoms with Gasteiger partial charge in [-0.25, -0.2) is 4.79 Å². The van der Waals surface area contributed by atoms with Crippen LogP contribution in [-0.2, 0) is 6.42 Å². The molecule has 1 heterocycles. The number of phenolic OH excluding ortho intramolecular Hbond substituents is 1. The number of hydrogen-bond acceptors (Lipinski definition) is 6. The number of carbonyl (C=O) groups is 1. The maximum atomic E-state index is 12.6. The molecule has 1 aromatic heterocycles. The summed E-state index contributed by atoms with van der Waals surface area (Å²) in [6.07, 6.45) is -0.163. The summed E-state index contributed by atoms with van der Waals surface area (Å²) < 4.78 is 5.83. The number of rotatable bonds is 10. The van der Waals surface area contributed by atoms with E-state index >= 15 is 0 Å². The summed E-state index contributed by atoms with van der Waals surface area (Å²) in [6.45, 7) is 0.875. The highest BCUT2D eigenvalue weighted by molar-refractivity contribution is 5.99. The number of carbonyl (C=O) groups excluding carboxylic acids is 1. The number of para-hydroxylation sites is 1. The molecule has 5 rings (SSSR count). The fourth-order valence-electron chi connectivity index (χ4n) is 4.49. The van der Waals surface area contributed by atoms with Gasteiger partial charge in [-0.2, -0.15) is 0 Å². The predicted molar refractivity (Wildman–Crippen MR) is 160 cm³/mol. The SMILES string of the molecule is O=C(Nc1cccc(CCNC[C@H](O)c2ccc(O)c3[nH]c(=O)ccc23)c1)Nc1cccc(Oc2ccccc2)c1. The number of hydrogen-bond donors (Lipinski definition) is 6. The summed E-state index contributed by atoms with van der Waals surface area (Å²) in [5.74, 6) is 1.28. The lowest BCUT2D eigenvalue weighted by molar-refractivity contribution is 0.176. The predicted octanol–water partition coefficient (Wildman–Crippen LogP) is 5.54. The minimum absolute atomic E-state index is 0.0469. The highest BCUT2D eigenvalue weighted by atomic mass is 16.5. The minimum Gasteiger partial charge on any atom is -0.506 e. The molecular formula is C32H30N4O5. The number of pyridine rings is 1. The number of H-pyrrole nitrogens is 1. The Morgan fingerprint density at radius 3 is 2.37 bits per heavy atom. The van der Waals surface area contributed by atoms with Gasteiger partial charge in [0, 0.05) is 35.4 Å². The van der Waals surface area contributed by atoms with Crippen molar-refractivity contribution in [3.8, 4) is 17.2 Å². The first-order chi connectivity index (χ1) is 19.9. The number of aromatic nitrogens is 1. The van der Waals surface area contributed by atoms with Crippen molar-refractivity contribution in [3.63, 3.8) is 0 Å². The molecule has 0 saturated carbocycles. The zero-order valence-electron chi connectivity index (χ0n) is 22.1. The number of aromatic amines is 1. The average molecular weight is 551 g/mol. The first-order valence-corrected chi connectivity index (χ1v) is 13.2. The third-order valence-electron chi connectivity index (χ3n) is 6.45. The second kappa shape index (κ2) is 12.8. The van der Waals surface area contributed by atoms with Gasteiger partial charge in [-0.05, 0) is 72.6 Å². The van der Waals surface area contributed by atoms with E-state index in [1.165, 1.54) is 12.1 Å². The molecule has 0 radical (unpaired) electrons. The molecule has 41 heavy (non-hydrogen) atoms. The van der Waals surface area contributed by atoms with Crippen molar-refractivity contribution in [2.45, 2.75) is 12.5 Å². The van der Waals surface area contributed by atoms with E-state index in [0.717, 1.165) is 5.56 Å². The Kier molecular flexibility index (Phi) is 8.58. The van der Waals surface area contributed by atoms with Crippen LogP contribution < -0.4 is 26.2 Å². The number of aliphatic hydroxyl groups excluding tert-OH is 1. The lowest BCUT2D eigenvalue weighted by Crippen LogP contribution is -2.24. The van der Waals surface area contributed by atoms with Crippen LogP contribution in [-0.4, -0.2) is 34.3 Å². The van der Waals surface area contributed by atoms with Crippen LogP contribution in [0.4, 0.5) is 16.2 Å². The number of ether oxygens (including phenoxy) is 1. The zero-order chi connectivity index (χ0) is 28.6. The van der Waals surface area contributed by atoms with Gasteiger partial charge in [0.25, 0.3) is 0 Å². The summed E-state index contributed by atoms with van der Waals surface area (Å²) in [4.78, 5) is 26.9. The van der Waals surface area contributed by atoms with Gasteiger partial charge in [0.05, 0.1) is 11.6 Å². The molecule has 208 valence electrons. The van der Waals surface area contributed by atoms with Crippen LogP contribution in [0.5, 0.6) is 17.2 Å². The largest absolute Gasteiger partial charge is 0.506 e. The molecule has 9 nitrogen and oxygen atoms in total. The highest BCUT2D eigenvalue weighted by Gasteiger charge is 2.14. The molecule has 2 amide bonds. The van der Waals surface area contributed by atoms with Crippen LogP contribution in [0.2, 0.25) is 0 Å². The first-order valence-electron chi connectivity index (χ1n) is 13.2. The van der Waals surface area contributed by atoms with E-state index < -0.39 is 6.10 Å². The molecular weight excluding hydrogens is 520 g/mol.